The van der Waals surface area contributed by atoms with Gasteiger partial charge in [0.1, 0.15) is 10.6 Å². The Kier molecular flexibility index (Phi) is 4.39. The summed E-state index contributed by atoms with van der Waals surface area (Å²) in [6, 6.07) is 18.2. The third kappa shape index (κ3) is 3.10. The molecule has 1 heterocycles. The number of nitrogen functional groups attached to an aromatic ring is 1. The molecule has 0 saturated heterocycles. The fraction of sp³-hybridized carbons (Fsp3) is 0.111. The summed E-state index contributed by atoms with van der Waals surface area (Å²) in [6.45, 7) is 2.44. The molecule has 23 heavy (non-hydrogen) atoms. The lowest BCUT2D eigenvalue weighted by Gasteiger charge is -2.04. The molecule has 4 nitrogen and oxygen atoms in total. The van der Waals surface area contributed by atoms with Gasteiger partial charge < -0.3 is 11.1 Å². The number of amides is 1. The maximum atomic E-state index is 11.9. The van der Waals surface area contributed by atoms with E-state index >= 15 is 0 Å². The summed E-state index contributed by atoms with van der Waals surface area (Å²) in [7, 11) is 0. The lowest BCUT2D eigenvalue weighted by atomic mass is 10.0. The summed E-state index contributed by atoms with van der Waals surface area (Å²) in [4.78, 5) is 12.4. The van der Waals surface area contributed by atoms with Gasteiger partial charge in [0.2, 0.25) is 0 Å². The van der Waals surface area contributed by atoms with Crippen LogP contribution in [0.15, 0.2) is 54.6 Å². The summed E-state index contributed by atoms with van der Waals surface area (Å²) in [6.07, 6.45) is 0. The third-order valence-electron chi connectivity index (χ3n) is 3.54. The minimum absolute atomic E-state index is 0.172. The number of aromatic nitrogens is 1. The van der Waals surface area contributed by atoms with Crippen LogP contribution >= 0.6 is 11.5 Å². The number of anilines is 1. The monoisotopic (exact) mass is 323 g/mol. The number of nitrogens with one attached hydrogen (secondary N) is 1. The Morgan fingerprint density at radius 3 is 2.30 bits per heavy atom. The van der Waals surface area contributed by atoms with Crippen molar-refractivity contribution in [2.45, 2.75) is 6.92 Å². The molecule has 1 amide bonds. The zero-order valence-corrected chi connectivity index (χ0v) is 13.6. The van der Waals surface area contributed by atoms with Crippen LogP contribution in [0.25, 0.3) is 22.4 Å². The van der Waals surface area contributed by atoms with Crippen molar-refractivity contribution < 1.29 is 4.79 Å². The van der Waals surface area contributed by atoms with Gasteiger partial charge in [-0.15, -0.1) is 0 Å². The Labute approximate surface area is 139 Å². The molecule has 0 spiro atoms. The average molecular weight is 323 g/mol. The molecule has 0 radical (unpaired) electrons. The van der Waals surface area contributed by atoms with E-state index in [4.69, 9.17) is 5.73 Å². The van der Waals surface area contributed by atoms with Gasteiger partial charge in [-0.2, -0.15) is 4.37 Å². The predicted octanol–water partition coefficient (Wildman–Crippen LogP) is 3.81. The molecule has 0 unspecified atom stereocenters. The van der Waals surface area contributed by atoms with Crippen molar-refractivity contribution in [3.05, 3.63) is 59.5 Å². The van der Waals surface area contributed by atoms with E-state index in [-0.39, 0.29) is 5.91 Å². The summed E-state index contributed by atoms with van der Waals surface area (Å²) < 4.78 is 4.35. The number of benzene rings is 2. The van der Waals surface area contributed by atoms with Crippen molar-refractivity contribution in [3.8, 4) is 22.4 Å². The Balaban J connectivity index is 1.90. The Bertz CT molecular complexity index is 810. The molecule has 0 bridgehead atoms. The molecule has 2 aromatic carbocycles. The highest BCUT2D eigenvalue weighted by atomic mass is 32.1. The smallest absolute Gasteiger partial charge is 0.265 e. The molecule has 3 rings (SSSR count). The van der Waals surface area contributed by atoms with E-state index in [9.17, 15) is 4.79 Å². The van der Waals surface area contributed by atoms with Gasteiger partial charge in [-0.05, 0) is 29.6 Å². The second-order valence-corrected chi connectivity index (χ2v) is 5.85. The number of hydrogen-bond donors (Lipinski definition) is 2. The van der Waals surface area contributed by atoms with Crippen LogP contribution < -0.4 is 11.1 Å². The van der Waals surface area contributed by atoms with Gasteiger partial charge in [0.25, 0.3) is 5.91 Å². The zero-order chi connectivity index (χ0) is 16.2. The van der Waals surface area contributed by atoms with Crippen molar-refractivity contribution in [3.63, 3.8) is 0 Å². The van der Waals surface area contributed by atoms with E-state index < -0.39 is 0 Å². The molecule has 1 aromatic heterocycles. The number of carbonyl (C=O) groups excluding carboxylic acids is 1. The van der Waals surface area contributed by atoms with Gasteiger partial charge >= 0.3 is 0 Å². The van der Waals surface area contributed by atoms with Crippen LogP contribution in [-0.2, 0) is 0 Å². The highest BCUT2D eigenvalue weighted by molar-refractivity contribution is 7.09. The Morgan fingerprint density at radius 2 is 1.65 bits per heavy atom. The third-order valence-corrected chi connectivity index (χ3v) is 4.40. The molecule has 0 fully saturated rings. The minimum Gasteiger partial charge on any atom is -0.396 e. The highest BCUT2D eigenvalue weighted by Crippen LogP contribution is 2.32. The zero-order valence-electron chi connectivity index (χ0n) is 12.7. The maximum absolute atomic E-state index is 11.9. The fourth-order valence-electron chi connectivity index (χ4n) is 2.36. The van der Waals surface area contributed by atoms with Gasteiger partial charge in [-0.25, -0.2) is 0 Å². The lowest BCUT2D eigenvalue weighted by molar-refractivity contribution is 0.0960. The van der Waals surface area contributed by atoms with Crippen molar-refractivity contribution in [2.24, 2.45) is 0 Å². The van der Waals surface area contributed by atoms with E-state index in [2.05, 4.69) is 21.8 Å². The van der Waals surface area contributed by atoms with Crippen LogP contribution in [0.5, 0.6) is 0 Å². The first-order valence-corrected chi connectivity index (χ1v) is 8.17. The van der Waals surface area contributed by atoms with Gasteiger partial charge in [-0.3, -0.25) is 4.79 Å². The molecule has 0 aliphatic rings. The van der Waals surface area contributed by atoms with Gasteiger partial charge in [0, 0.05) is 12.1 Å². The van der Waals surface area contributed by atoms with Crippen molar-refractivity contribution in [2.75, 3.05) is 12.3 Å². The molecule has 5 heteroatoms. The number of nitrogens with zero attached hydrogens (tertiary/aromatic N) is 1. The topological polar surface area (TPSA) is 68.0 Å². The summed E-state index contributed by atoms with van der Waals surface area (Å²) in [5, 5.41) is 2.75. The van der Waals surface area contributed by atoms with Crippen LogP contribution in [-0.4, -0.2) is 16.8 Å². The first kappa shape index (κ1) is 15.2. The SMILES string of the molecule is CCNC(=O)c1snc(-c2ccc(-c3ccccc3)cc2)c1N. The van der Waals surface area contributed by atoms with Crippen molar-refractivity contribution in [1.82, 2.24) is 9.69 Å². The van der Waals surface area contributed by atoms with Crippen LogP contribution in [0.1, 0.15) is 16.6 Å². The van der Waals surface area contributed by atoms with Crippen LogP contribution in [0.4, 0.5) is 5.69 Å². The van der Waals surface area contributed by atoms with Crippen LogP contribution in [0, 0.1) is 0 Å². The summed E-state index contributed by atoms with van der Waals surface area (Å²) in [5.41, 5.74) is 10.4. The average Bonchev–Trinajstić information content (AvgIpc) is 2.98. The Morgan fingerprint density at radius 1 is 1.04 bits per heavy atom. The van der Waals surface area contributed by atoms with Gasteiger partial charge in [0.05, 0.1) is 5.69 Å². The number of nitrogens with two attached hydrogens (primary N) is 1. The van der Waals surface area contributed by atoms with Crippen molar-refractivity contribution >= 4 is 23.1 Å². The second-order valence-electron chi connectivity index (χ2n) is 5.08. The van der Waals surface area contributed by atoms with Crippen molar-refractivity contribution in [1.29, 1.82) is 0 Å². The van der Waals surface area contributed by atoms with E-state index in [1.165, 1.54) is 0 Å². The van der Waals surface area contributed by atoms with E-state index in [0.717, 1.165) is 28.2 Å². The predicted molar refractivity (Wildman–Crippen MR) is 95.4 cm³/mol. The van der Waals surface area contributed by atoms with E-state index in [1.54, 1.807) is 0 Å². The van der Waals surface area contributed by atoms with Crippen LogP contribution in [0.2, 0.25) is 0 Å². The summed E-state index contributed by atoms with van der Waals surface area (Å²) in [5.74, 6) is -0.172. The lowest BCUT2D eigenvalue weighted by Crippen LogP contribution is -2.22. The molecule has 3 aromatic rings. The molecule has 0 atom stereocenters. The number of hydrogen-bond acceptors (Lipinski definition) is 4. The van der Waals surface area contributed by atoms with E-state index in [1.807, 2.05) is 49.4 Å². The molecule has 0 aliphatic heterocycles. The molecule has 3 N–H and O–H groups in total. The van der Waals surface area contributed by atoms with Crippen LogP contribution in [0.3, 0.4) is 0 Å². The number of rotatable bonds is 4. The standard InChI is InChI=1S/C18H17N3OS/c1-2-20-18(22)17-15(19)16(21-23-17)14-10-8-13(9-11-14)12-6-4-3-5-7-12/h3-11H,2,19H2,1H3,(H,20,22). The fourth-order valence-corrected chi connectivity index (χ4v) is 3.10. The molecule has 116 valence electrons. The molecule has 0 aliphatic carbocycles. The first-order chi connectivity index (χ1) is 11.2. The molecule has 0 saturated carbocycles. The first-order valence-electron chi connectivity index (χ1n) is 7.40. The maximum Gasteiger partial charge on any atom is 0.265 e. The second kappa shape index (κ2) is 6.62. The summed E-state index contributed by atoms with van der Waals surface area (Å²) >= 11 is 1.13. The quantitative estimate of drug-likeness (QED) is 0.767. The minimum atomic E-state index is -0.172. The van der Waals surface area contributed by atoms with Gasteiger partial charge in [-0.1, -0.05) is 54.6 Å². The molecular formula is C18H17N3OS. The molecular weight excluding hydrogens is 306 g/mol. The Hall–Kier alpha value is -2.66. The van der Waals surface area contributed by atoms with E-state index in [0.29, 0.717) is 22.8 Å². The number of carbonyl (C=O) groups is 1. The highest BCUT2D eigenvalue weighted by Gasteiger charge is 2.17. The van der Waals surface area contributed by atoms with Gasteiger partial charge in [0.15, 0.2) is 0 Å². The largest absolute Gasteiger partial charge is 0.396 e. The normalized spacial score (nSPS) is 10.5.